The van der Waals surface area contributed by atoms with Gasteiger partial charge in [-0.05, 0) is 74.5 Å². The zero-order chi connectivity index (χ0) is 24.3. The lowest BCUT2D eigenvalue weighted by molar-refractivity contribution is -0.256. The molecule has 0 spiro atoms. The standard InChI is InChI=1S/C26H29F4NO3/c1-33-24(32)20-5-3-19(4-6-20)22-8-7-21(15-23(22)27)34-16-18-9-13-31(14-10-18)17-25(11-2-12-25)26(28,29)30/h3-8,15,18H,2,9-14,16-17H2,1H3. The summed E-state index contributed by atoms with van der Waals surface area (Å²) in [5.74, 6) is -0.242. The molecule has 4 rings (SSSR count). The lowest BCUT2D eigenvalue weighted by Crippen LogP contribution is -2.53. The molecule has 0 unspecified atom stereocenters. The smallest absolute Gasteiger partial charge is 0.395 e. The number of piperidine rings is 1. The lowest BCUT2D eigenvalue weighted by atomic mass is 9.67. The van der Waals surface area contributed by atoms with Gasteiger partial charge in [0.1, 0.15) is 11.6 Å². The van der Waals surface area contributed by atoms with Crippen molar-refractivity contribution in [3.05, 3.63) is 53.8 Å². The fourth-order valence-corrected chi connectivity index (χ4v) is 4.81. The minimum atomic E-state index is -4.13. The van der Waals surface area contributed by atoms with Gasteiger partial charge in [-0.3, -0.25) is 0 Å². The second-order valence-corrected chi connectivity index (χ2v) is 9.37. The van der Waals surface area contributed by atoms with E-state index in [0.717, 1.165) is 12.8 Å². The van der Waals surface area contributed by atoms with Crippen LogP contribution in [-0.2, 0) is 4.74 Å². The summed E-state index contributed by atoms with van der Waals surface area (Å²) in [6, 6.07) is 11.2. The predicted octanol–water partition coefficient (Wildman–Crippen LogP) is 6.10. The summed E-state index contributed by atoms with van der Waals surface area (Å²) in [7, 11) is 1.30. The first kappa shape index (κ1) is 24.5. The molecule has 2 aliphatic rings. The second kappa shape index (κ2) is 9.94. The first-order valence-corrected chi connectivity index (χ1v) is 11.6. The van der Waals surface area contributed by atoms with E-state index < -0.39 is 23.4 Å². The molecule has 0 N–H and O–H groups in total. The Morgan fingerprint density at radius 2 is 1.76 bits per heavy atom. The van der Waals surface area contributed by atoms with Crippen molar-refractivity contribution < 1.29 is 31.8 Å². The minimum absolute atomic E-state index is 0.0946. The number of nitrogens with zero attached hydrogens (tertiary/aromatic N) is 1. The highest BCUT2D eigenvalue weighted by molar-refractivity contribution is 5.90. The molecule has 0 aromatic heterocycles. The maximum Gasteiger partial charge on any atom is 0.395 e. The van der Waals surface area contributed by atoms with Crippen molar-refractivity contribution in [1.82, 2.24) is 4.90 Å². The van der Waals surface area contributed by atoms with Crippen LogP contribution in [0.4, 0.5) is 17.6 Å². The summed E-state index contributed by atoms with van der Waals surface area (Å²) in [4.78, 5) is 13.5. The van der Waals surface area contributed by atoms with Crippen LogP contribution in [-0.4, -0.2) is 50.4 Å². The Balaban J connectivity index is 1.28. The molecule has 0 radical (unpaired) electrons. The third kappa shape index (κ3) is 5.22. The lowest BCUT2D eigenvalue weighted by Gasteiger charge is -2.47. The molecule has 1 saturated carbocycles. The van der Waals surface area contributed by atoms with Gasteiger partial charge in [0.05, 0.1) is 24.7 Å². The van der Waals surface area contributed by atoms with E-state index in [0.29, 0.717) is 48.6 Å². The number of likely N-dealkylation sites (tertiary alicyclic amines) is 1. The number of benzene rings is 2. The van der Waals surface area contributed by atoms with Gasteiger partial charge in [0.15, 0.2) is 0 Å². The van der Waals surface area contributed by atoms with Crippen LogP contribution < -0.4 is 4.74 Å². The van der Waals surface area contributed by atoms with E-state index in [-0.39, 0.29) is 25.3 Å². The Kier molecular flexibility index (Phi) is 7.17. The molecule has 2 aromatic carbocycles. The monoisotopic (exact) mass is 479 g/mol. The number of carbonyl (C=O) groups is 1. The molecule has 184 valence electrons. The summed E-state index contributed by atoms with van der Waals surface area (Å²) in [6.45, 7) is 1.75. The second-order valence-electron chi connectivity index (χ2n) is 9.37. The maximum absolute atomic E-state index is 14.7. The normalized spacial score (nSPS) is 18.9. The van der Waals surface area contributed by atoms with Gasteiger partial charge in [-0.15, -0.1) is 0 Å². The molecule has 1 aliphatic carbocycles. The molecule has 4 nitrogen and oxygen atoms in total. The largest absolute Gasteiger partial charge is 0.493 e. The van der Waals surface area contributed by atoms with E-state index in [2.05, 4.69) is 4.74 Å². The number of hydrogen-bond donors (Lipinski definition) is 0. The van der Waals surface area contributed by atoms with Crippen molar-refractivity contribution in [2.45, 2.75) is 38.3 Å². The molecule has 0 bridgehead atoms. The van der Waals surface area contributed by atoms with Crippen molar-refractivity contribution in [2.24, 2.45) is 11.3 Å². The van der Waals surface area contributed by atoms with Crippen molar-refractivity contribution in [3.8, 4) is 16.9 Å². The van der Waals surface area contributed by atoms with Crippen molar-refractivity contribution >= 4 is 5.97 Å². The van der Waals surface area contributed by atoms with Crippen LogP contribution in [0.15, 0.2) is 42.5 Å². The molecular formula is C26H29F4NO3. The molecule has 8 heteroatoms. The number of ether oxygens (including phenoxy) is 2. The van der Waals surface area contributed by atoms with Gasteiger partial charge in [-0.25, -0.2) is 9.18 Å². The number of carbonyl (C=O) groups excluding carboxylic acids is 1. The highest BCUT2D eigenvalue weighted by Crippen LogP contribution is 2.53. The summed E-state index contributed by atoms with van der Waals surface area (Å²) in [6.07, 6.45) is -1.49. The van der Waals surface area contributed by atoms with E-state index >= 15 is 0 Å². The molecule has 0 atom stereocenters. The van der Waals surface area contributed by atoms with Gasteiger partial charge < -0.3 is 14.4 Å². The van der Waals surface area contributed by atoms with E-state index in [9.17, 15) is 22.4 Å². The topological polar surface area (TPSA) is 38.8 Å². The first-order valence-electron chi connectivity index (χ1n) is 11.6. The van der Waals surface area contributed by atoms with E-state index in [1.54, 1.807) is 36.4 Å². The molecular weight excluding hydrogens is 450 g/mol. The zero-order valence-corrected chi connectivity index (χ0v) is 19.2. The van der Waals surface area contributed by atoms with Crippen LogP contribution in [0, 0.1) is 17.2 Å². The number of methoxy groups -OCH3 is 1. The Bertz CT molecular complexity index is 994. The SMILES string of the molecule is COC(=O)c1ccc(-c2ccc(OCC3CCN(CC4(C(F)(F)F)CCC4)CC3)cc2F)cc1. The van der Waals surface area contributed by atoms with Gasteiger partial charge in [0.25, 0.3) is 0 Å². The van der Waals surface area contributed by atoms with Crippen molar-refractivity contribution in [1.29, 1.82) is 0 Å². The van der Waals surface area contributed by atoms with E-state index in [1.165, 1.54) is 13.2 Å². The van der Waals surface area contributed by atoms with Gasteiger partial charge >= 0.3 is 12.1 Å². The van der Waals surface area contributed by atoms with Gasteiger partial charge in [-0.2, -0.15) is 13.2 Å². The van der Waals surface area contributed by atoms with Crippen LogP contribution >= 0.6 is 0 Å². The third-order valence-electron chi connectivity index (χ3n) is 7.19. The summed E-state index contributed by atoms with van der Waals surface area (Å²) >= 11 is 0. The van der Waals surface area contributed by atoms with Crippen LogP contribution in [0.1, 0.15) is 42.5 Å². The highest BCUT2D eigenvalue weighted by Gasteiger charge is 2.58. The van der Waals surface area contributed by atoms with E-state index in [4.69, 9.17) is 4.74 Å². The van der Waals surface area contributed by atoms with Crippen LogP contribution in [0.5, 0.6) is 5.75 Å². The summed E-state index contributed by atoms with van der Waals surface area (Å²) in [5.41, 5.74) is -0.104. The number of rotatable bonds is 7. The van der Waals surface area contributed by atoms with Crippen LogP contribution in [0.25, 0.3) is 11.1 Å². The zero-order valence-electron chi connectivity index (χ0n) is 19.2. The molecule has 34 heavy (non-hydrogen) atoms. The average molecular weight is 480 g/mol. The third-order valence-corrected chi connectivity index (χ3v) is 7.19. The van der Waals surface area contributed by atoms with Gasteiger partial charge in [-0.1, -0.05) is 18.6 Å². The predicted molar refractivity (Wildman–Crippen MR) is 120 cm³/mol. The fraction of sp³-hybridized carbons (Fsp3) is 0.500. The van der Waals surface area contributed by atoms with Gasteiger partial charge in [0, 0.05) is 18.2 Å². The Labute approximate surface area is 196 Å². The number of esters is 1. The minimum Gasteiger partial charge on any atom is -0.493 e. The van der Waals surface area contributed by atoms with Gasteiger partial charge in [0.2, 0.25) is 0 Å². The number of halogens is 4. The first-order chi connectivity index (χ1) is 16.2. The van der Waals surface area contributed by atoms with Crippen molar-refractivity contribution in [3.63, 3.8) is 0 Å². The average Bonchev–Trinajstić information content (AvgIpc) is 2.79. The molecule has 2 fully saturated rings. The summed E-state index contributed by atoms with van der Waals surface area (Å²) < 4.78 is 65.5. The highest BCUT2D eigenvalue weighted by atomic mass is 19.4. The van der Waals surface area contributed by atoms with E-state index in [1.807, 2.05) is 4.90 Å². The fourth-order valence-electron chi connectivity index (χ4n) is 4.81. The molecule has 2 aromatic rings. The molecule has 1 aliphatic heterocycles. The molecule has 0 amide bonds. The molecule has 1 heterocycles. The number of hydrogen-bond acceptors (Lipinski definition) is 4. The van der Waals surface area contributed by atoms with Crippen molar-refractivity contribution in [2.75, 3.05) is 33.4 Å². The Morgan fingerprint density at radius 1 is 1.09 bits per heavy atom. The Hall–Kier alpha value is -2.61. The molecule has 1 saturated heterocycles. The van der Waals surface area contributed by atoms with Crippen LogP contribution in [0.3, 0.4) is 0 Å². The maximum atomic E-state index is 14.7. The number of alkyl halides is 3. The van der Waals surface area contributed by atoms with Crippen LogP contribution in [0.2, 0.25) is 0 Å². The quantitative estimate of drug-likeness (QED) is 0.355. The summed E-state index contributed by atoms with van der Waals surface area (Å²) in [5, 5.41) is 0. The Morgan fingerprint density at radius 3 is 2.29 bits per heavy atom.